The molecule has 4 nitrogen and oxygen atoms in total. The van der Waals surface area contributed by atoms with E-state index in [0.29, 0.717) is 11.3 Å². The normalized spacial score (nSPS) is 45.5. The van der Waals surface area contributed by atoms with Crippen LogP contribution < -0.4 is 0 Å². The van der Waals surface area contributed by atoms with E-state index in [1.165, 1.54) is 32.1 Å². The van der Waals surface area contributed by atoms with Crippen LogP contribution in [0.25, 0.3) is 0 Å². The van der Waals surface area contributed by atoms with Crippen molar-refractivity contribution in [1.29, 1.82) is 0 Å². The Morgan fingerprint density at radius 3 is 2.45 bits per heavy atom. The molecule has 3 unspecified atom stereocenters. The molecule has 4 rings (SSSR count). The smallest absolute Gasteiger partial charge is 0.302 e. The molecule has 4 aliphatic carbocycles. The Labute approximate surface area is 204 Å². The minimum Gasteiger partial charge on any atom is -0.390 e. The second kappa shape index (κ2) is 9.33. The Morgan fingerprint density at radius 2 is 1.79 bits per heavy atom. The Balaban J connectivity index is 1.46. The molecule has 0 radical (unpaired) electrons. The van der Waals surface area contributed by atoms with Gasteiger partial charge in [0, 0.05) is 0 Å². The van der Waals surface area contributed by atoms with Gasteiger partial charge in [0.1, 0.15) is 0 Å². The van der Waals surface area contributed by atoms with Gasteiger partial charge in [-0.05, 0) is 117 Å². The van der Waals surface area contributed by atoms with E-state index in [1.807, 2.05) is 6.92 Å². The topological polar surface area (TPSA) is 66.8 Å². The number of aliphatic hydroxyl groups is 1. The minimum atomic E-state index is -2.19. The summed E-state index contributed by atoms with van der Waals surface area (Å²) in [5.41, 5.74) is 1.73. The second-order valence-corrected chi connectivity index (χ2v) is 13.9. The van der Waals surface area contributed by atoms with Gasteiger partial charge in [0.05, 0.1) is 11.7 Å². The fourth-order valence-electron chi connectivity index (χ4n) is 9.01. The zero-order chi connectivity index (χ0) is 24.2. The van der Waals surface area contributed by atoms with Crippen LogP contribution in [0.1, 0.15) is 106 Å². The van der Waals surface area contributed by atoms with Crippen LogP contribution in [0.2, 0.25) is 0 Å². The highest BCUT2D eigenvalue weighted by atomic mass is 32.2. The van der Waals surface area contributed by atoms with E-state index in [1.54, 1.807) is 5.57 Å². The van der Waals surface area contributed by atoms with Crippen molar-refractivity contribution < 1.29 is 18.1 Å². The van der Waals surface area contributed by atoms with E-state index < -0.39 is 17.0 Å². The average molecular weight is 481 g/mol. The maximum atomic E-state index is 11.2. The summed E-state index contributed by atoms with van der Waals surface area (Å²) in [6.45, 7) is 13.7. The maximum Gasteiger partial charge on any atom is 0.302 e. The summed E-state index contributed by atoms with van der Waals surface area (Å²) in [5.74, 6) is 3.98. The third-order valence-corrected chi connectivity index (χ3v) is 11.4. The molecule has 0 aromatic rings. The molecule has 0 aromatic carbocycles. The summed E-state index contributed by atoms with van der Waals surface area (Å²) >= 11 is -2.19. The Bertz CT molecular complexity index is 776. The molecule has 2 N–H and O–H groups in total. The van der Waals surface area contributed by atoms with Crippen molar-refractivity contribution in [3.63, 3.8) is 0 Å². The number of hydrogen-bond donors (Lipinski definition) is 2. The van der Waals surface area contributed by atoms with Crippen LogP contribution in [0.5, 0.6) is 0 Å². The van der Waals surface area contributed by atoms with Gasteiger partial charge < -0.3 is 5.11 Å². The second-order valence-electron chi connectivity index (χ2n) is 13.3. The van der Waals surface area contributed by atoms with Gasteiger partial charge in [0.25, 0.3) is 0 Å². The third kappa shape index (κ3) is 4.78. The van der Waals surface area contributed by atoms with Crippen LogP contribution in [0.4, 0.5) is 0 Å². The lowest BCUT2D eigenvalue weighted by atomic mass is 9.46. The highest BCUT2D eigenvalue weighted by Gasteiger charge is 2.59. The first-order valence-electron chi connectivity index (χ1n) is 13.6. The zero-order valence-corrected chi connectivity index (χ0v) is 22.6. The Kier molecular flexibility index (Phi) is 7.31. The molecule has 0 bridgehead atoms. The minimum absolute atomic E-state index is 0.149. The van der Waals surface area contributed by atoms with Crippen LogP contribution in [0.3, 0.4) is 0 Å². The van der Waals surface area contributed by atoms with E-state index in [0.717, 1.165) is 55.8 Å². The monoisotopic (exact) mass is 480 g/mol. The molecule has 0 spiro atoms. The van der Waals surface area contributed by atoms with Crippen molar-refractivity contribution in [1.82, 2.24) is 0 Å². The van der Waals surface area contributed by atoms with Crippen molar-refractivity contribution in [3.05, 3.63) is 11.6 Å². The first-order chi connectivity index (χ1) is 15.4. The van der Waals surface area contributed by atoms with Gasteiger partial charge in [-0.3, -0.25) is 8.74 Å². The predicted octanol–water partition coefficient (Wildman–Crippen LogP) is 6.91. The fraction of sp³-hybridized carbons (Fsp3) is 0.929. The van der Waals surface area contributed by atoms with E-state index in [-0.39, 0.29) is 17.4 Å². The summed E-state index contributed by atoms with van der Waals surface area (Å²) in [6.07, 6.45) is 13.8. The largest absolute Gasteiger partial charge is 0.390 e. The molecule has 3 fully saturated rings. The molecule has 3 saturated carbocycles. The molecule has 10 atom stereocenters. The van der Waals surface area contributed by atoms with E-state index in [9.17, 15) is 13.9 Å². The highest BCUT2D eigenvalue weighted by molar-refractivity contribution is 7.74. The molecule has 0 saturated heterocycles. The van der Waals surface area contributed by atoms with E-state index in [4.69, 9.17) is 4.18 Å². The van der Waals surface area contributed by atoms with E-state index >= 15 is 0 Å². The van der Waals surface area contributed by atoms with Crippen molar-refractivity contribution in [2.24, 2.45) is 46.3 Å². The van der Waals surface area contributed by atoms with Crippen molar-refractivity contribution in [2.75, 3.05) is 0 Å². The number of rotatable bonds is 7. The quantitative estimate of drug-likeness (QED) is 0.307. The van der Waals surface area contributed by atoms with Crippen LogP contribution in [-0.2, 0) is 15.5 Å². The molecular formula is C28H48O4S. The predicted molar refractivity (Wildman–Crippen MR) is 135 cm³/mol. The van der Waals surface area contributed by atoms with Gasteiger partial charge in [-0.2, -0.15) is 4.21 Å². The van der Waals surface area contributed by atoms with Crippen molar-refractivity contribution in [3.8, 4) is 0 Å². The molecule has 4 aliphatic rings. The third-order valence-electron chi connectivity index (χ3n) is 11.0. The Hall–Kier alpha value is -0.230. The lowest BCUT2D eigenvalue weighted by Crippen LogP contribution is -2.52. The van der Waals surface area contributed by atoms with Gasteiger partial charge >= 0.3 is 11.4 Å². The van der Waals surface area contributed by atoms with Crippen LogP contribution in [0, 0.1) is 46.3 Å². The molecule has 0 heterocycles. The van der Waals surface area contributed by atoms with Crippen LogP contribution >= 0.6 is 0 Å². The summed E-state index contributed by atoms with van der Waals surface area (Å²) in [6, 6.07) is 0. The molecular weight excluding hydrogens is 432 g/mol. The first kappa shape index (κ1) is 25.9. The van der Waals surface area contributed by atoms with Gasteiger partial charge in [0.2, 0.25) is 0 Å². The number of allylic oxidation sites excluding steroid dienone is 1. The summed E-state index contributed by atoms with van der Waals surface area (Å²) in [7, 11) is 0. The molecule has 0 aromatic heterocycles. The highest BCUT2D eigenvalue weighted by Crippen LogP contribution is 2.67. The fourth-order valence-corrected chi connectivity index (χ4v) is 9.54. The molecule has 0 aliphatic heterocycles. The number of fused-ring (bicyclic) bond motifs is 5. The SMILES string of the molecule is CC(C)C(CC[C@@H](C)[C@H]1CC[C@H]2C3CC=C4C[C@@](C)(O)CC[C@]4(C)[C@H]3CC[C@]12C)OS(=O)O. The van der Waals surface area contributed by atoms with Gasteiger partial charge in [-0.1, -0.05) is 46.3 Å². The van der Waals surface area contributed by atoms with Gasteiger partial charge in [0.15, 0.2) is 0 Å². The molecule has 0 amide bonds. The van der Waals surface area contributed by atoms with Gasteiger partial charge in [-0.25, -0.2) is 0 Å². The lowest BCUT2D eigenvalue weighted by Gasteiger charge is -2.59. The average Bonchev–Trinajstić information content (AvgIpc) is 3.08. The molecule has 33 heavy (non-hydrogen) atoms. The van der Waals surface area contributed by atoms with Crippen LogP contribution in [-0.4, -0.2) is 25.6 Å². The summed E-state index contributed by atoms with van der Waals surface area (Å²) < 4.78 is 25.7. The van der Waals surface area contributed by atoms with Crippen molar-refractivity contribution >= 4 is 11.4 Å². The standard InChI is InChI=1S/C28H48O4S/c1-18(2)25(32-33(30)31)12-7-19(3)22-10-11-23-21-9-8-20-17-26(4,29)15-16-27(20,5)24(21)13-14-28(22,23)6/h8,18-19,21-25,29H,7,9-17H2,1-6H3,(H,30,31)/t19-,21?,22-,23+,24+,25?,26+,27+,28-/m1/s1. The molecule has 5 heteroatoms. The summed E-state index contributed by atoms with van der Waals surface area (Å²) in [5, 5.41) is 10.7. The van der Waals surface area contributed by atoms with Crippen molar-refractivity contribution in [2.45, 2.75) is 117 Å². The summed E-state index contributed by atoms with van der Waals surface area (Å²) in [4.78, 5) is 0. The first-order valence-corrected chi connectivity index (χ1v) is 14.6. The Morgan fingerprint density at radius 1 is 1.06 bits per heavy atom. The van der Waals surface area contributed by atoms with Crippen LogP contribution in [0.15, 0.2) is 11.6 Å². The van der Waals surface area contributed by atoms with E-state index in [2.05, 4.69) is 40.7 Å². The molecule has 190 valence electrons. The lowest BCUT2D eigenvalue weighted by molar-refractivity contribution is -0.0709. The maximum absolute atomic E-state index is 11.2. The number of hydrogen-bond acceptors (Lipinski definition) is 3. The van der Waals surface area contributed by atoms with Gasteiger partial charge in [-0.15, -0.1) is 0 Å². The zero-order valence-electron chi connectivity index (χ0n) is 21.8.